The number of benzene rings is 1. The lowest BCUT2D eigenvalue weighted by Gasteiger charge is -2.27. The summed E-state index contributed by atoms with van der Waals surface area (Å²) in [4.78, 5) is 13.6. The second-order valence-corrected chi connectivity index (χ2v) is 4.79. The molecule has 1 amide bonds. The highest BCUT2D eigenvalue weighted by atomic mass is 16.5. The van der Waals surface area contributed by atoms with Gasteiger partial charge in [0.1, 0.15) is 12.4 Å². The van der Waals surface area contributed by atoms with Crippen molar-refractivity contribution in [1.29, 1.82) is 0 Å². The predicted octanol–water partition coefficient (Wildman–Crippen LogP) is 1.16. The van der Waals surface area contributed by atoms with E-state index in [-0.39, 0.29) is 12.5 Å². The maximum Gasteiger partial charge on any atom is 0.248 e. The summed E-state index contributed by atoms with van der Waals surface area (Å²) in [5, 5.41) is 3.30. The quantitative estimate of drug-likeness (QED) is 0.848. The van der Waals surface area contributed by atoms with Crippen molar-refractivity contribution >= 4 is 5.91 Å². The van der Waals surface area contributed by atoms with Gasteiger partial charge in [-0.25, -0.2) is 0 Å². The van der Waals surface area contributed by atoms with E-state index in [4.69, 9.17) is 9.47 Å². The van der Waals surface area contributed by atoms with Crippen LogP contribution in [-0.2, 0) is 22.6 Å². The molecule has 1 aliphatic rings. The number of hydrogen-bond donors (Lipinski definition) is 1. The first-order chi connectivity index (χ1) is 9.74. The number of morpholine rings is 1. The van der Waals surface area contributed by atoms with Gasteiger partial charge in [0.25, 0.3) is 0 Å². The van der Waals surface area contributed by atoms with E-state index < -0.39 is 0 Å². The summed E-state index contributed by atoms with van der Waals surface area (Å²) < 4.78 is 10.5. The van der Waals surface area contributed by atoms with Gasteiger partial charge in [-0.1, -0.05) is 13.0 Å². The highest BCUT2D eigenvalue weighted by Gasteiger charge is 2.20. The van der Waals surface area contributed by atoms with Gasteiger partial charge < -0.3 is 19.7 Å². The Balaban J connectivity index is 2.12. The van der Waals surface area contributed by atoms with Gasteiger partial charge >= 0.3 is 0 Å². The van der Waals surface area contributed by atoms with Crippen molar-refractivity contribution in [2.75, 3.05) is 33.4 Å². The Morgan fingerprint density at radius 3 is 3.00 bits per heavy atom. The van der Waals surface area contributed by atoms with Crippen LogP contribution in [0.15, 0.2) is 18.2 Å². The smallest absolute Gasteiger partial charge is 0.248 e. The fourth-order valence-corrected chi connectivity index (χ4v) is 2.26. The second-order valence-electron chi connectivity index (χ2n) is 4.79. The molecule has 1 N–H and O–H groups in total. The molecular weight excluding hydrogens is 256 g/mol. The number of nitrogens with one attached hydrogen (secondary N) is 1. The van der Waals surface area contributed by atoms with Crippen LogP contribution in [0.1, 0.15) is 18.1 Å². The number of amides is 1. The minimum Gasteiger partial charge on any atom is -0.496 e. The molecule has 5 heteroatoms. The summed E-state index contributed by atoms with van der Waals surface area (Å²) >= 11 is 0. The first kappa shape index (κ1) is 14.8. The van der Waals surface area contributed by atoms with Crippen molar-refractivity contribution in [2.24, 2.45) is 0 Å². The van der Waals surface area contributed by atoms with E-state index >= 15 is 0 Å². The third-order valence-electron chi connectivity index (χ3n) is 3.37. The Morgan fingerprint density at radius 2 is 2.30 bits per heavy atom. The number of hydrogen-bond acceptors (Lipinski definition) is 4. The molecule has 1 aromatic carbocycles. The predicted molar refractivity (Wildman–Crippen MR) is 76.6 cm³/mol. The molecule has 0 radical (unpaired) electrons. The van der Waals surface area contributed by atoms with E-state index in [0.29, 0.717) is 19.7 Å². The molecule has 1 saturated heterocycles. The third-order valence-corrected chi connectivity index (χ3v) is 3.37. The fourth-order valence-electron chi connectivity index (χ4n) is 2.26. The van der Waals surface area contributed by atoms with Crippen molar-refractivity contribution in [3.05, 3.63) is 29.3 Å². The van der Waals surface area contributed by atoms with Crippen molar-refractivity contribution in [1.82, 2.24) is 10.2 Å². The summed E-state index contributed by atoms with van der Waals surface area (Å²) in [6, 6.07) is 6.11. The Kier molecular flexibility index (Phi) is 5.38. The van der Waals surface area contributed by atoms with Crippen molar-refractivity contribution in [3.63, 3.8) is 0 Å². The van der Waals surface area contributed by atoms with Gasteiger partial charge in [-0.3, -0.25) is 4.79 Å². The van der Waals surface area contributed by atoms with Crippen LogP contribution in [0.4, 0.5) is 0 Å². The van der Waals surface area contributed by atoms with Gasteiger partial charge in [0.05, 0.1) is 13.7 Å². The topological polar surface area (TPSA) is 50.8 Å². The van der Waals surface area contributed by atoms with Gasteiger partial charge in [-0.05, 0) is 24.2 Å². The number of nitrogens with zero attached hydrogens (tertiary/aromatic N) is 1. The molecule has 0 saturated carbocycles. The lowest BCUT2D eigenvalue weighted by atomic mass is 10.1. The summed E-state index contributed by atoms with van der Waals surface area (Å²) in [6.45, 7) is 5.83. The van der Waals surface area contributed by atoms with Crippen LogP contribution in [0.5, 0.6) is 5.75 Å². The maximum atomic E-state index is 11.8. The first-order valence-electron chi connectivity index (χ1n) is 6.96. The molecule has 0 spiro atoms. The minimum absolute atomic E-state index is 0.0374. The lowest BCUT2D eigenvalue weighted by molar-refractivity contribution is -0.143. The van der Waals surface area contributed by atoms with Gasteiger partial charge in [-0.15, -0.1) is 0 Å². The van der Waals surface area contributed by atoms with Crippen molar-refractivity contribution in [2.45, 2.75) is 20.0 Å². The zero-order chi connectivity index (χ0) is 14.4. The minimum atomic E-state index is 0.0374. The molecule has 1 aromatic rings. The highest BCUT2D eigenvalue weighted by Crippen LogP contribution is 2.22. The molecule has 0 bridgehead atoms. The average Bonchev–Trinajstić information content (AvgIpc) is 2.48. The molecule has 110 valence electrons. The molecular formula is C15H22N2O3. The first-order valence-corrected chi connectivity index (χ1v) is 6.96. The van der Waals surface area contributed by atoms with Crippen LogP contribution >= 0.6 is 0 Å². The monoisotopic (exact) mass is 278 g/mol. The van der Waals surface area contributed by atoms with Crippen molar-refractivity contribution in [3.8, 4) is 5.75 Å². The van der Waals surface area contributed by atoms with Gasteiger partial charge in [-0.2, -0.15) is 0 Å². The second kappa shape index (κ2) is 7.26. The van der Waals surface area contributed by atoms with Crippen LogP contribution in [0.3, 0.4) is 0 Å². The number of rotatable bonds is 6. The van der Waals surface area contributed by atoms with E-state index in [2.05, 4.69) is 18.3 Å². The van der Waals surface area contributed by atoms with Crippen molar-refractivity contribution < 1.29 is 14.3 Å². The van der Waals surface area contributed by atoms with Crippen LogP contribution in [0, 0.1) is 0 Å². The molecule has 0 aromatic heterocycles. The third kappa shape index (κ3) is 3.71. The number of carbonyl (C=O) groups excluding carboxylic acids is 1. The standard InChI is InChI=1S/C15H22N2O3/c1-3-16-9-12-4-5-14(19-2)13(8-12)10-17-6-7-20-11-15(17)18/h4-5,8,16H,3,6-7,9-11H2,1-2H3. The van der Waals surface area contributed by atoms with Crippen LogP contribution in [0.2, 0.25) is 0 Å². The maximum absolute atomic E-state index is 11.8. The summed E-state index contributed by atoms with van der Waals surface area (Å²) in [6.07, 6.45) is 0. The van der Waals surface area contributed by atoms with Crippen LogP contribution in [-0.4, -0.2) is 44.2 Å². The van der Waals surface area contributed by atoms with Gasteiger partial charge in [0.2, 0.25) is 5.91 Å². The number of ether oxygens (including phenoxy) is 2. The average molecular weight is 278 g/mol. The van der Waals surface area contributed by atoms with Crippen LogP contribution < -0.4 is 10.1 Å². The molecule has 0 atom stereocenters. The molecule has 20 heavy (non-hydrogen) atoms. The Bertz CT molecular complexity index is 462. The van der Waals surface area contributed by atoms with E-state index in [0.717, 1.165) is 24.4 Å². The van der Waals surface area contributed by atoms with Gasteiger partial charge in [0, 0.05) is 25.2 Å². The lowest BCUT2D eigenvalue weighted by Crippen LogP contribution is -2.41. The van der Waals surface area contributed by atoms with E-state index in [1.807, 2.05) is 17.0 Å². The normalized spacial score (nSPS) is 15.5. The molecule has 5 nitrogen and oxygen atoms in total. The zero-order valence-electron chi connectivity index (χ0n) is 12.1. The largest absolute Gasteiger partial charge is 0.496 e. The van der Waals surface area contributed by atoms with Gasteiger partial charge in [0.15, 0.2) is 0 Å². The molecule has 0 aliphatic carbocycles. The highest BCUT2D eigenvalue weighted by molar-refractivity contribution is 5.78. The van der Waals surface area contributed by atoms with E-state index in [1.165, 1.54) is 5.56 Å². The molecule has 1 aliphatic heterocycles. The summed E-state index contributed by atoms with van der Waals surface area (Å²) in [7, 11) is 1.66. The Morgan fingerprint density at radius 1 is 1.45 bits per heavy atom. The SMILES string of the molecule is CCNCc1ccc(OC)c(CN2CCOCC2=O)c1. The summed E-state index contributed by atoms with van der Waals surface area (Å²) in [5.74, 6) is 0.861. The van der Waals surface area contributed by atoms with E-state index in [9.17, 15) is 4.79 Å². The number of carbonyl (C=O) groups is 1. The fraction of sp³-hybridized carbons (Fsp3) is 0.533. The summed E-state index contributed by atoms with van der Waals surface area (Å²) in [5.41, 5.74) is 2.24. The van der Waals surface area contributed by atoms with Crippen LogP contribution in [0.25, 0.3) is 0 Å². The van der Waals surface area contributed by atoms with E-state index in [1.54, 1.807) is 7.11 Å². The number of methoxy groups -OCH3 is 1. The Labute approximate surface area is 119 Å². The Hall–Kier alpha value is -1.59. The molecule has 1 fully saturated rings. The molecule has 1 heterocycles. The molecule has 0 unspecified atom stereocenters. The molecule has 2 rings (SSSR count). The zero-order valence-corrected chi connectivity index (χ0v) is 12.1.